The van der Waals surface area contributed by atoms with Crippen LogP contribution in [0.25, 0.3) is 10.9 Å². The molecule has 0 atom stereocenters. The highest BCUT2D eigenvalue weighted by Gasteiger charge is 2.16. The molecule has 1 aliphatic rings. The number of hydrazone groups is 1. The normalized spacial score (nSPS) is 15.2. The summed E-state index contributed by atoms with van der Waals surface area (Å²) in [6.45, 7) is 0. The maximum atomic E-state index is 6.02. The predicted molar refractivity (Wildman–Crippen MR) is 91.7 cm³/mol. The van der Waals surface area contributed by atoms with Gasteiger partial charge in [-0.2, -0.15) is 5.10 Å². The van der Waals surface area contributed by atoms with Crippen molar-refractivity contribution in [2.45, 2.75) is 12.8 Å². The maximum Gasteiger partial charge on any atom is 0.0738 e. The molecule has 1 aliphatic carbocycles. The minimum atomic E-state index is 0.688. The number of anilines is 1. The first-order valence-corrected chi connectivity index (χ1v) is 7.64. The lowest BCUT2D eigenvalue weighted by atomic mass is 10.1. The molecule has 4 rings (SSSR count). The van der Waals surface area contributed by atoms with E-state index in [9.17, 15) is 0 Å². The van der Waals surface area contributed by atoms with Crippen LogP contribution < -0.4 is 5.43 Å². The molecule has 1 heterocycles. The molecule has 108 valence electrons. The number of fused-ring (bicyclic) bond motifs is 2. The van der Waals surface area contributed by atoms with Gasteiger partial charge in [-0.05, 0) is 42.7 Å². The average molecular weight is 308 g/mol. The molecular formula is C18H14ClN3. The Kier molecular flexibility index (Phi) is 3.28. The molecule has 1 aromatic heterocycles. The summed E-state index contributed by atoms with van der Waals surface area (Å²) in [6.07, 6.45) is 3.80. The molecule has 0 amide bonds. The van der Waals surface area contributed by atoms with E-state index in [1.807, 2.05) is 24.3 Å². The van der Waals surface area contributed by atoms with Gasteiger partial charge in [-0.1, -0.05) is 35.9 Å². The third-order valence-corrected chi connectivity index (χ3v) is 4.21. The standard InChI is InChI=1S/C18H14ClN3/c19-13-6-7-15-17(9-10-20-18(15)11-13)22-21-16-8-5-12-3-1-2-4-14(12)16/h1-4,6-7,9-11H,5,8H2,(H,20,22). The molecule has 0 bridgehead atoms. The molecule has 22 heavy (non-hydrogen) atoms. The van der Waals surface area contributed by atoms with Crippen LogP contribution in [-0.4, -0.2) is 10.7 Å². The topological polar surface area (TPSA) is 37.3 Å². The zero-order valence-corrected chi connectivity index (χ0v) is 12.6. The molecule has 4 heteroatoms. The van der Waals surface area contributed by atoms with Crippen molar-refractivity contribution < 1.29 is 0 Å². The number of aromatic nitrogens is 1. The number of nitrogens with zero attached hydrogens (tertiary/aromatic N) is 2. The Morgan fingerprint density at radius 1 is 1.05 bits per heavy atom. The van der Waals surface area contributed by atoms with Crippen LogP contribution in [0.2, 0.25) is 5.02 Å². The monoisotopic (exact) mass is 307 g/mol. The summed E-state index contributed by atoms with van der Waals surface area (Å²) >= 11 is 6.02. The van der Waals surface area contributed by atoms with Crippen LogP contribution in [0, 0.1) is 0 Å². The van der Waals surface area contributed by atoms with Crippen molar-refractivity contribution in [1.82, 2.24) is 4.98 Å². The second-order valence-electron chi connectivity index (χ2n) is 5.35. The van der Waals surface area contributed by atoms with Crippen LogP contribution >= 0.6 is 11.6 Å². The van der Waals surface area contributed by atoms with E-state index in [-0.39, 0.29) is 0 Å². The maximum absolute atomic E-state index is 6.02. The highest BCUT2D eigenvalue weighted by molar-refractivity contribution is 6.31. The molecule has 0 fully saturated rings. The molecule has 0 saturated heterocycles. The van der Waals surface area contributed by atoms with Crippen molar-refractivity contribution in [3.63, 3.8) is 0 Å². The quantitative estimate of drug-likeness (QED) is 0.700. The van der Waals surface area contributed by atoms with Crippen molar-refractivity contribution in [3.8, 4) is 0 Å². The van der Waals surface area contributed by atoms with Gasteiger partial charge in [-0.15, -0.1) is 0 Å². The minimum Gasteiger partial charge on any atom is -0.277 e. The lowest BCUT2D eigenvalue weighted by Crippen LogP contribution is -2.00. The molecule has 0 radical (unpaired) electrons. The Bertz CT molecular complexity index is 886. The summed E-state index contributed by atoms with van der Waals surface area (Å²) in [5, 5.41) is 6.32. The van der Waals surface area contributed by atoms with E-state index in [1.165, 1.54) is 11.1 Å². The molecule has 0 unspecified atom stereocenters. The van der Waals surface area contributed by atoms with E-state index in [4.69, 9.17) is 11.6 Å². The van der Waals surface area contributed by atoms with Crippen molar-refractivity contribution in [2.24, 2.45) is 5.10 Å². The van der Waals surface area contributed by atoms with Gasteiger partial charge < -0.3 is 0 Å². The van der Waals surface area contributed by atoms with Crippen LogP contribution in [0.1, 0.15) is 17.5 Å². The Balaban J connectivity index is 1.69. The number of benzene rings is 2. The summed E-state index contributed by atoms with van der Waals surface area (Å²) < 4.78 is 0. The van der Waals surface area contributed by atoms with Gasteiger partial charge in [0.2, 0.25) is 0 Å². The van der Waals surface area contributed by atoms with E-state index < -0.39 is 0 Å². The third-order valence-electron chi connectivity index (χ3n) is 3.98. The fraction of sp³-hybridized carbons (Fsp3) is 0.111. The van der Waals surface area contributed by atoms with E-state index in [0.29, 0.717) is 5.02 Å². The first-order chi connectivity index (χ1) is 10.8. The van der Waals surface area contributed by atoms with E-state index in [1.54, 1.807) is 6.20 Å². The van der Waals surface area contributed by atoms with Crippen molar-refractivity contribution in [2.75, 3.05) is 5.43 Å². The molecule has 0 aliphatic heterocycles. The summed E-state index contributed by atoms with van der Waals surface area (Å²) in [5.74, 6) is 0. The van der Waals surface area contributed by atoms with Crippen molar-refractivity contribution in [1.29, 1.82) is 0 Å². The average Bonchev–Trinajstić information content (AvgIpc) is 2.96. The largest absolute Gasteiger partial charge is 0.277 e. The number of hydrogen-bond acceptors (Lipinski definition) is 3. The zero-order chi connectivity index (χ0) is 14.9. The highest BCUT2D eigenvalue weighted by atomic mass is 35.5. The summed E-state index contributed by atoms with van der Waals surface area (Å²) in [7, 11) is 0. The van der Waals surface area contributed by atoms with Gasteiger partial charge in [0.05, 0.1) is 16.9 Å². The summed E-state index contributed by atoms with van der Waals surface area (Å²) in [5.41, 5.74) is 8.73. The van der Waals surface area contributed by atoms with Gasteiger partial charge in [0.1, 0.15) is 0 Å². The number of nitrogens with one attached hydrogen (secondary N) is 1. The predicted octanol–water partition coefficient (Wildman–Crippen LogP) is 4.65. The SMILES string of the molecule is Clc1ccc2c(NN=C3CCc4ccccc43)ccnc2c1. The Labute approximate surface area is 133 Å². The fourth-order valence-corrected chi connectivity index (χ4v) is 3.04. The van der Waals surface area contributed by atoms with Crippen LogP contribution in [0.15, 0.2) is 59.8 Å². The Morgan fingerprint density at radius 3 is 2.91 bits per heavy atom. The van der Waals surface area contributed by atoms with E-state index in [2.05, 4.69) is 39.8 Å². The van der Waals surface area contributed by atoms with Crippen LogP contribution in [0.5, 0.6) is 0 Å². The second-order valence-corrected chi connectivity index (χ2v) is 5.78. The second kappa shape index (κ2) is 5.43. The molecular weight excluding hydrogens is 294 g/mol. The fourth-order valence-electron chi connectivity index (χ4n) is 2.87. The Hall–Kier alpha value is -2.39. The van der Waals surface area contributed by atoms with Crippen molar-refractivity contribution in [3.05, 3.63) is 70.9 Å². The van der Waals surface area contributed by atoms with Gasteiger partial charge in [-0.25, -0.2) is 0 Å². The minimum absolute atomic E-state index is 0.688. The number of pyridine rings is 1. The first kappa shape index (κ1) is 13.3. The molecule has 3 aromatic rings. The van der Waals surface area contributed by atoms with Gasteiger partial charge in [0, 0.05) is 22.2 Å². The summed E-state index contributed by atoms with van der Waals surface area (Å²) in [6, 6.07) is 16.1. The lowest BCUT2D eigenvalue weighted by molar-refractivity contribution is 1.09. The molecule has 0 spiro atoms. The van der Waals surface area contributed by atoms with Gasteiger partial charge >= 0.3 is 0 Å². The molecule has 3 nitrogen and oxygen atoms in total. The number of rotatable bonds is 2. The van der Waals surface area contributed by atoms with Gasteiger partial charge in [0.25, 0.3) is 0 Å². The van der Waals surface area contributed by atoms with Crippen LogP contribution in [0.3, 0.4) is 0 Å². The Morgan fingerprint density at radius 2 is 1.95 bits per heavy atom. The molecule has 2 aromatic carbocycles. The first-order valence-electron chi connectivity index (χ1n) is 7.26. The van der Waals surface area contributed by atoms with Crippen LogP contribution in [0.4, 0.5) is 5.69 Å². The number of hydrogen-bond donors (Lipinski definition) is 1. The van der Waals surface area contributed by atoms with E-state index >= 15 is 0 Å². The van der Waals surface area contributed by atoms with Gasteiger partial charge in [0.15, 0.2) is 0 Å². The third kappa shape index (κ3) is 2.34. The lowest BCUT2D eigenvalue weighted by Gasteiger charge is -2.07. The van der Waals surface area contributed by atoms with Crippen LogP contribution in [-0.2, 0) is 6.42 Å². The number of aryl methyl sites for hydroxylation is 1. The van der Waals surface area contributed by atoms with E-state index in [0.717, 1.165) is 35.1 Å². The zero-order valence-electron chi connectivity index (χ0n) is 11.9. The van der Waals surface area contributed by atoms with Gasteiger partial charge in [-0.3, -0.25) is 10.4 Å². The number of halogens is 1. The summed E-state index contributed by atoms with van der Waals surface area (Å²) in [4.78, 5) is 4.35. The van der Waals surface area contributed by atoms with Crippen molar-refractivity contribution >= 4 is 33.9 Å². The molecule has 0 saturated carbocycles. The molecule has 1 N–H and O–H groups in total. The smallest absolute Gasteiger partial charge is 0.0738 e. The highest BCUT2D eigenvalue weighted by Crippen LogP contribution is 2.26.